The normalized spacial score (nSPS) is 37.9. The van der Waals surface area contributed by atoms with Gasteiger partial charge < -0.3 is 9.52 Å². The molecule has 2 fully saturated rings. The third-order valence-electron chi connectivity index (χ3n) is 6.76. The summed E-state index contributed by atoms with van der Waals surface area (Å²) in [4.78, 5) is 0. The molecule has 0 radical (unpaired) electrons. The van der Waals surface area contributed by atoms with Crippen LogP contribution < -0.4 is 0 Å². The van der Waals surface area contributed by atoms with E-state index in [4.69, 9.17) is 4.42 Å². The quantitative estimate of drug-likeness (QED) is 0.788. The predicted octanol–water partition coefficient (Wildman–Crippen LogP) is 4.90. The van der Waals surface area contributed by atoms with E-state index >= 15 is 0 Å². The highest BCUT2D eigenvalue weighted by Crippen LogP contribution is 2.61. The summed E-state index contributed by atoms with van der Waals surface area (Å²) in [5.41, 5.74) is 2.75. The van der Waals surface area contributed by atoms with Gasteiger partial charge in [-0.1, -0.05) is 33.8 Å². The average molecular weight is 302 g/mol. The molecule has 0 spiro atoms. The Morgan fingerprint density at radius 2 is 2.05 bits per heavy atom. The number of furan rings is 1. The predicted molar refractivity (Wildman–Crippen MR) is 89.6 cm³/mol. The van der Waals surface area contributed by atoms with Gasteiger partial charge in [0.25, 0.3) is 0 Å². The summed E-state index contributed by atoms with van der Waals surface area (Å²) in [5, 5.41) is 10.6. The maximum Gasteiger partial charge on any atom is 0.107 e. The molecule has 1 N–H and O–H groups in total. The molecule has 2 aliphatic carbocycles. The monoisotopic (exact) mass is 302 g/mol. The van der Waals surface area contributed by atoms with Crippen LogP contribution in [0, 0.1) is 29.6 Å². The molecule has 1 aromatic heterocycles. The van der Waals surface area contributed by atoms with Gasteiger partial charge in [-0.25, -0.2) is 0 Å². The van der Waals surface area contributed by atoms with Crippen LogP contribution in [0.1, 0.15) is 57.8 Å². The van der Waals surface area contributed by atoms with E-state index in [-0.39, 0.29) is 11.5 Å². The molecule has 1 aromatic rings. The number of hydrogen-bond donors (Lipinski definition) is 1. The van der Waals surface area contributed by atoms with E-state index in [1.54, 1.807) is 6.26 Å². The first-order valence-corrected chi connectivity index (χ1v) is 8.65. The number of fused-ring (bicyclic) bond motifs is 1. The molecule has 2 heteroatoms. The van der Waals surface area contributed by atoms with Crippen LogP contribution in [-0.2, 0) is 6.42 Å². The minimum Gasteiger partial charge on any atom is -0.469 e. The largest absolute Gasteiger partial charge is 0.469 e. The molecule has 3 rings (SSSR count). The molecule has 1 heterocycles. The molecule has 122 valence electrons. The Kier molecular flexibility index (Phi) is 3.79. The van der Waals surface area contributed by atoms with Crippen molar-refractivity contribution in [3.8, 4) is 0 Å². The zero-order chi connectivity index (χ0) is 16.1. The number of aliphatic hydroxyl groups excluding tert-OH is 1. The minimum atomic E-state index is -0.365. The Morgan fingerprint density at radius 1 is 1.32 bits per heavy atom. The van der Waals surface area contributed by atoms with Crippen molar-refractivity contribution in [2.24, 2.45) is 22.7 Å². The fourth-order valence-corrected chi connectivity index (χ4v) is 5.36. The summed E-state index contributed by atoms with van der Waals surface area (Å²) in [6.45, 7) is 13.6. The minimum absolute atomic E-state index is 0.220. The van der Waals surface area contributed by atoms with Gasteiger partial charge in [0.15, 0.2) is 0 Å². The van der Waals surface area contributed by atoms with E-state index in [9.17, 15) is 5.11 Å². The van der Waals surface area contributed by atoms with Crippen LogP contribution in [0.3, 0.4) is 0 Å². The van der Waals surface area contributed by atoms with Crippen molar-refractivity contribution < 1.29 is 9.52 Å². The van der Waals surface area contributed by atoms with Gasteiger partial charge >= 0.3 is 0 Å². The molecular weight excluding hydrogens is 272 g/mol. The lowest BCUT2D eigenvalue weighted by Gasteiger charge is -2.59. The summed E-state index contributed by atoms with van der Waals surface area (Å²) < 4.78 is 5.70. The summed E-state index contributed by atoms with van der Waals surface area (Å²) in [6, 6.07) is 2.03. The number of aliphatic hydroxyl groups is 1. The Labute approximate surface area is 134 Å². The molecule has 22 heavy (non-hydrogen) atoms. The Balaban J connectivity index is 1.98. The third-order valence-corrected chi connectivity index (χ3v) is 6.76. The van der Waals surface area contributed by atoms with Crippen LogP contribution >= 0.6 is 0 Å². The average Bonchev–Trinajstić information content (AvgIpc) is 2.83. The van der Waals surface area contributed by atoms with Gasteiger partial charge in [-0.05, 0) is 66.1 Å². The van der Waals surface area contributed by atoms with E-state index < -0.39 is 0 Å². The van der Waals surface area contributed by atoms with Gasteiger partial charge in [0.2, 0.25) is 0 Å². The van der Waals surface area contributed by atoms with Gasteiger partial charge in [-0.2, -0.15) is 0 Å². The Bertz CT molecular complexity index is 568. The van der Waals surface area contributed by atoms with Crippen LogP contribution in [0.4, 0.5) is 0 Å². The van der Waals surface area contributed by atoms with Crippen molar-refractivity contribution in [2.75, 3.05) is 0 Å². The van der Waals surface area contributed by atoms with E-state index in [2.05, 4.69) is 34.3 Å². The van der Waals surface area contributed by atoms with Crippen LogP contribution in [0.5, 0.6) is 0 Å². The lowest BCUT2D eigenvalue weighted by atomic mass is 9.46. The first-order valence-electron chi connectivity index (χ1n) is 8.65. The molecule has 4 atom stereocenters. The van der Waals surface area contributed by atoms with Crippen LogP contribution in [-0.4, -0.2) is 11.2 Å². The lowest BCUT2D eigenvalue weighted by Crippen LogP contribution is -2.53. The standard InChI is InChI=1S/C20H30O2/c1-13-7-10-22-17(13)11-15-14(2)16(21)12-18-19(3,4)8-6-9-20(15,18)5/h7,10,15-16,18,21H,2,6,8-9,11-12H2,1,3-5H3/t15-,16+,18-,20-/m1/s1. The third kappa shape index (κ3) is 2.36. The van der Waals surface area contributed by atoms with Gasteiger partial charge in [0.05, 0.1) is 12.4 Å². The fourth-order valence-electron chi connectivity index (χ4n) is 5.36. The molecule has 0 saturated heterocycles. The van der Waals surface area contributed by atoms with Gasteiger partial charge in [-0.15, -0.1) is 0 Å². The second kappa shape index (κ2) is 5.26. The molecule has 0 aromatic carbocycles. The Hall–Kier alpha value is -1.02. The topological polar surface area (TPSA) is 33.4 Å². The first kappa shape index (κ1) is 15.9. The van der Waals surface area contributed by atoms with E-state index in [0.717, 1.165) is 24.2 Å². The fraction of sp³-hybridized carbons (Fsp3) is 0.700. The van der Waals surface area contributed by atoms with Crippen LogP contribution in [0.25, 0.3) is 0 Å². The zero-order valence-corrected chi connectivity index (χ0v) is 14.5. The second-order valence-electron chi connectivity index (χ2n) is 8.51. The van der Waals surface area contributed by atoms with Crippen molar-refractivity contribution in [3.63, 3.8) is 0 Å². The summed E-state index contributed by atoms with van der Waals surface area (Å²) in [7, 11) is 0. The lowest BCUT2D eigenvalue weighted by molar-refractivity contribution is -0.0824. The van der Waals surface area contributed by atoms with Crippen molar-refractivity contribution in [2.45, 2.75) is 65.9 Å². The SMILES string of the molecule is C=C1[C@@H](Cc2occc2C)[C@@]2(C)CCCC(C)(C)[C@H]2C[C@@H]1O. The maximum absolute atomic E-state index is 10.6. The molecule has 2 saturated carbocycles. The van der Waals surface area contributed by atoms with E-state index in [0.29, 0.717) is 17.3 Å². The van der Waals surface area contributed by atoms with Gasteiger partial charge in [0.1, 0.15) is 5.76 Å². The number of rotatable bonds is 2. The van der Waals surface area contributed by atoms with Crippen molar-refractivity contribution >= 4 is 0 Å². The highest BCUT2D eigenvalue weighted by Gasteiger charge is 2.55. The molecular formula is C20H30O2. The number of aryl methyl sites for hydroxylation is 1. The molecule has 0 amide bonds. The van der Waals surface area contributed by atoms with Crippen LogP contribution in [0.15, 0.2) is 28.9 Å². The second-order valence-corrected chi connectivity index (χ2v) is 8.51. The highest BCUT2D eigenvalue weighted by atomic mass is 16.3. The van der Waals surface area contributed by atoms with Gasteiger partial charge in [0, 0.05) is 6.42 Å². The van der Waals surface area contributed by atoms with Crippen molar-refractivity contribution in [3.05, 3.63) is 35.8 Å². The van der Waals surface area contributed by atoms with Gasteiger partial charge in [-0.3, -0.25) is 0 Å². The first-order chi connectivity index (χ1) is 10.3. The molecule has 0 bridgehead atoms. The molecule has 0 aliphatic heterocycles. The summed E-state index contributed by atoms with van der Waals surface area (Å²) in [5.74, 6) is 1.92. The molecule has 2 aliphatic rings. The zero-order valence-electron chi connectivity index (χ0n) is 14.5. The van der Waals surface area contributed by atoms with Crippen LogP contribution in [0.2, 0.25) is 0 Å². The summed E-state index contributed by atoms with van der Waals surface area (Å²) in [6.07, 6.45) is 6.92. The smallest absolute Gasteiger partial charge is 0.107 e. The van der Waals surface area contributed by atoms with E-state index in [1.165, 1.54) is 24.8 Å². The maximum atomic E-state index is 10.6. The highest BCUT2D eigenvalue weighted by molar-refractivity contribution is 5.24. The van der Waals surface area contributed by atoms with Crippen molar-refractivity contribution in [1.29, 1.82) is 0 Å². The summed E-state index contributed by atoms with van der Waals surface area (Å²) >= 11 is 0. The van der Waals surface area contributed by atoms with Crippen molar-refractivity contribution in [1.82, 2.24) is 0 Å². The molecule has 2 nitrogen and oxygen atoms in total. The Morgan fingerprint density at radius 3 is 2.68 bits per heavy atom. The van der Waals surface area contributed by atoms with E-state index in [1.807, 2.05) is 6.07 Å². The number of hydrogen-bond acceptors (Lipinski definition) is 2. The molecule has 0 unspecified atom stereocenters.